The van der Waals surface area contributed by atoms with Crippen LogP contribution in [-0.4, -0.2) is 42.0 Å². The lowest BCUT2D eigenvalue weighted by Crippen LogP contribution is -2.46. The summed E-state index contributed by atoms with van der Waals surface area (Å²) in [7, 11) is 0. The molecular formula is C11H18ClN3OS. The molecule has 6 heteroatoms. The zero-order valence-electron chi connectivity index (χ0n) is 9.94. The van der Waals surface area contributed by atoms with Gasteiger partial charge in [0.15, 0.2) is 0 Å². The maximum absolute atomic E-state index is 11.9. The monoisotopic (exact) mass is 275 g/mol. The molecule has 0 saturated carbocycles. The Kier molecular flexibility index (Phi) is 5.88. The number of carbonyl (C=O) groups is 1. The van der Waals surface area contributed by atoms with Crippen LogP contribution in [0, 0.1) is 0 Å². The van der Waals surface area contributed by atoms with E-state index in [4.69, 9.17) is 0 Å². The Hall–Kier alpha value is -0.650. The first kappa shape index (κ1) is 14.4. The minimum atomic E-state index is 0. The van der Waals surface area contributed by atoms with Crippen molar-refractivity contribution < 1.29 is 4.79 Å². The summed E-state index contributed by atoms with van der Waals surface area (Å²) in [6, 6.07) is 0. The number of piperazine rings is 1. The molecule has 0 unspecified atom stereocenters. The van der Waals surface area contributed by atoms with Gasteiger partial charge in [-0.3, -0.25) is 4.79 Å². The average molecular weight is 276 g/mol. The van der Waals surface area contributed by atoms with E-state index in [0.717, 1.165) is 43.3 Å². The van der Waals surface area contributed by atoms with E-state index in [1.807, 2.05) is 10.3 Å². The molecule has 1 aromatic heterocycles. The molecule has 1 aromatic rings. The number of hydrogen-bond donors (Lipinski definition) is 1. The summed E-state index contributed by atoms with van der Waals surface area (Å²) in [6.45, 7) is 5.54. The summed E-state index contributed by atoms with van der Waals surface area (Å²) in [4.78, 5) is 18.3. The number of thiazole rings is 1. The Balaban J connectivity index is 0.00000144. The largest absolute Gasteiger partial charge is 0.340 e. The SMILES string of the molecule is CCc1nc(CC(=O)N2CCNCC2)cs1.Cl. The van der Waals surface area contributed by atoms with Crippen LogP contribution in [0.2, 0.25) is 0 Å². The Morgan fingerprint density at radius 3 is 2.82 bits per heavy atom. The molecule has 1 aliphatic heterocycles. The Labute approximate surface area is 112 Å². The quantitative estimate of drug-likeness (QED) is 0.899. The van der Waals surface area contributed by atoms with Crippen LogP contribution < -0.4 is 5.32 Å². The number of nitrogens with one attached hydrogen (secondary N) is 1. The highest BCUT2D eigenvalue weighted by Crippen LogP contribution is 2.11. The van der Waals surface area contributed by atoms with Crippen molar-refractivity contribution in [2.75, 3.05) is 26.2 Å². The highest BCUT2D eigenvalue weighted by molar-refractivity contribution is 7.09. The molecule has 0 radical (unpaired) electrons. The third-order valence-corrected chi connectivity index (χ3v) is 3.75. The molecule has 2 rings (SSSR count). The number of amides is 1. The third-order valence-electron chi connectivity index (χ3n) is 2.70. The first-order chi connectivity index (χ1) is 7.79. The van der Waals surface area contributed by atoms with Gasteiger partial charge in [-0.1, -0.05) is 6.92 Å². The van der Waals surface area contributed by atoms with Gasteiger partial charge >= 0.3 is 0 Å². The van der Waals surface area contributed by atoms with Crippen molar-refractivity contribution in [3.63, 3.8) is 0 Å². The fourth-order valence-corrected chi connectivity index (χ4v) is 2.52. The van der Waals surface area contributed by atoms with Crippen LogP contribution in [0.3, 0.4) is 0 Å². The van der Waals surface area contributed by atoms with E-state index < -0.39 is 0 Å². The lowest BCUT2D eigenvalue weighted by molar-refractivity contribution is -0.131. The third kappa shape index (κ3) is 3.94. The number of rotatable bonds is 3. The van der Waals surface area contributed by atoms with Crippen LogP contribution in [0.5, 0.6) is 0 Å². The smallest absolute Gasteiger partial charge is 0.228 e. The van der Waals surface area contributed by atoms with Gasteiger partial charge < -0.3 is 10.2 Å². The molecule has 1 N–H and O–H groups in total. The van der Waals surface area contributed by atoms with Gasteiger partial charge in [0.25, 0.3) is 0 Å². The molecule has 0 atom stereocenters. The van der Waals surface area contributed by atoms with Gasteiger partial charge in [-0.2, -0.15) is 0 Å². The van der Waals surface area contributed by atoms with Crippen LogP contribution in [0.4, 0.5) is 0 Å². The highest BCUT2D eigenvalue weighted by atomic mass is 35.5. The standard InChI is InChI=1S/C11H17N3OS.ClH/c1-2-10-13-9(8-16-10)7-11(15)14-5-3-12-4-6-14;/h8,12H,2-7H2,1H3;1H. The number of aryl methyl sites for hydroxylation is 1. The van der Waals surface area contributed by atoms with Crippen molar-refractivity contribution in [2.45, 2.75) is 19.8 Å². The first-order valence-corrected chi connectivity index (χ1v) is 6.59. The second kappa shape index (κ2) is 6.93. The fraction of sp³-hybridized carbons (Fsp3) is 0.636. The average Bonchev–Trinajstić information content (AvgIpc) is 2.78. The van der Waals surface area contributed by atoms with Crippen LogP contribution >= 0.6 is 23.7 Å². The number of halogens is 1. The van der Waals surface area contributed by atoms with Crippen molar-refractivity contribution in [3.8, 4) is 0 Å². The highest BCUT2D eigenvalue weighted by Gasteiger charge is 2.17. The number of aromatic nitrogens is 1. The topological polar surface area (TPSA) is 45.2 Å². The normalized spacial score (nSPS) is 15.5. The van der Waals surface area contributed by atoms with E-state index in [9.17, 15) is 4.79 Å². The molecule has 1 fully saturated rings. The lowest BCUT2D eigenvalue weighted by Gasteiger charge is -2.27. The maximum Gasteiger partial charge on any atom is 0.228 e. The molecule has 4 nitrogen and oxygen atoms in total. The van der Waals surface area contributed by atoms with Crippen LogP contribution in [0.25, 0.3) is 0 Å². The molecule has 0 aliphatic carbocycles. The molecule has 0 aromatic carbocycles. The van der Waals surface area contributed by atoms with Crippen LogP contribution in [0.15, 0.2) is 5.38 Å². The summed E-state index contributed by atoms with van der Waals surface area (Å²) in [5, 5.41) is 6.35. The van der Waals surface area contributed by atoms with E-state index >= 15 is 0 Å². The number of carbonyl (C=O) groups excluding carboxylic acids is 1. The molecule has 1 saturated heterocycles. The Morgan fingerprint density at radius 2 is 2.24 bits per heavy atom. The summed E-state index contributed by atoms with van der Waals surface area (Å²) < 4.78 is 0. The van der Waals surface area contributed by atoms with Crippen molar-refractivity contribution in [1.29, 1.82) is 0 Å². The molecule has 0 bridgehead atoms. The van der Waals surface area contributed by atoms with Gasteiger partial charge in [0.1, 0.15) is 0 Å². The molecule has 17 heavy (non-hydrogen) atoms. The Morgan fingerprint density at radius 1 is 1.53 bits per heavy atom. The zero-order chi connectivity index (χ0) is 11.4. The summed E-state index contributed by atoms with van der Waals surface area (Å²) >= 11 is 1.64. The number of hydrogen-bond acceptors (Lipinski definition) is 4. The van der Waals surface area contributed by atoms with E-state index in [-0.39, 0.29) is 18.3 Å². The second-order valence-electron chi connectivity index (χ2n) is 3.89. The predicted octanol–water partition coefficient (Wildman–Crippen LogP) is 1.10. The van der Waals surface area contributed by atoms with Crippen molar-refractivity contribution in [1.82, 2.24) is 15.2 Å². The molecule has 1 amide bonds. The Bertz CT molecular complexity index is 363. The summed E-state index contributed by atoms with van der Waals surface area (Å²) in [5.74, 6) is 0.203. The maximum atomic E-state index is 11.9. The summed E-state index contributed by atoms with van der Waals surface area (Å²) in [5.41, 5.74) is 0.922. The van der Waals surface area contributed by atoms with E-state index in [2.05, 4.69) is 17.2 Å². The molecule has 2 heterocycles. The lowest BCUT2D eigenvalue weighted by atomic mass is 10.2. The van der Waals surface area contributed by atoms with Gasteiger partial charge in [0.05, 0.1) is 17.1 Å². The van der Waals surface area contributed by atoms with Crippen LogP contribution in [-0.2, 0) is 17.6 Å². The fourth-order valence-electron chi connectivity index (χ4n) is 1.77. The van der Waals surface area contributed by atoms with E-state index in [1.165, 1.54) is 0 Å². The van der Waals surface area contributed by atoms with E-state index in [0.29, 0.717) is 6.42 Å². The van der Waals surface area contributed by atoms with Gasteiger partial charge in [0.2, 0.25) is 5.91 Å². The van der Waals surface area contributed by atoms with Crippen molar-refractivity contribution >= 4 is 29.7 Å². The van der Waals surface area contributed by atoms with E-state index in [1.54, 1.807) is 11.3 Å². The zero-order valence-corrected chi connectivity index (χ0v) is 11.6. The van der Waals surface area contributed by atoms with Gasteiger partial charge in [-0.15, -0.1) is 23.7 Å². The summed E-state index contributed by atoms with van der Waals surface area (Å²) in [6.07, 6.45) is 1.41. The predicted molar refractivity (Wildman–Crippen MR) is 71.9 cm³/mol. The molecule has 0 spiro atoms. The first-order valence-electron chi connectivity index (χ1n) is 5.71. The van der Waals surface area contributed by atoms with Crippen LogP contribution in [0.1, 0.15) is 17.6 Å². The second-order valence-corrected chi connectivity index (χ2v) is 4.84. The molecular weight excluding hydrogens is 258 g/mol. The van der Waals surface area contributed by atoms with Gasteiger partial charge in [0, 0.05) is 31.6 Å². The van der Waals surface area contributed by atoms with Crippen molar-refractivity contribution in [2.24, 2.45) is 0 Å². The van der Waals surface area contributed by atoms with Gasteiger partial charge in [-0.05, 0) is 6.42 Å². The van der Waals surface area contributed by atoms with Gasteiger partial charge in [-0.25, -0.2) is 4.98 Å². The molecule has 1 aliphatic rings. The minimum Gasteiger partial charge on any atom is -0.340 e. The minimum absolute atomic E-state index is 0. The number of nitrogens with zero attached hydrogens (tertiary/aromatic N) is 2. The van der Waals surface area contributed by atoms with Crippen molar-refractivity contribution in [3.05, 3.63) is 16.1 Å². The molecule has 96 valence electrons.